The van der Waals surface area contributed by atoms with Crippen LogP contribution in [0, 0.1) is 5.92 Å². The summed E-state index contributed by atoms with van der Waals surface area (Å²) in [4.78, 5) is 0. The van der Waals surface area contributed by atoms with Crippen molar-refractivity contribution in [1.82, 2.24) is 0 Å². The number of rotatable bonds is 3. The predicted octanol–water partition coefficient (Wildman–Crippen LogP) is 4.16. The van der Waals surface area contributed by atoms with Gasteiger partial charge in [-0.05, 0) is 30.0 Å². The van der Waals surface area contributed by atoms with Crippen molar-refractivity contribution in [1.29, 1.82) is 0 Å². The molecule has 2 rings (SSSR count). The van der Waals surface area contributed by atoms with Crippen LogP contribution in [0.4, 0.5) is 13.2 Å². The normalized spacial score (nSPS) is 18.2. The van der Waals surface area contributed by atoms with Gasteiger partial charge in [-0.1, -0.05) is 30.5 Å². The van der Waals surface area contributed by atoms with Gasteiger partial charge in [0.15, 0.2) is 0 Å². The Morgan fingerprint density at radius 3 is 2.53 bits per heavy atom. The third-order valence-corrected chi connectivity index (χ3v) is 3.24. The number of alkyl halides is 3. The van der Waals surface area contributed by atoms with E-state index in [4.69, 9.17) is 17.3 Å². The van der Waals surface area contributed by atoms with Crippen LogP contribution >= 0.6 is 11.6 Å². The zero-order chi connectivity index (χ0) is 12.6. The fourth-order valence-corrected chi connectivity index (χ4v) is 2.11. The third-order valence-electron chi connectivity index (χ3n) is 3.00. The maximum Gasteiger partial charge on any atom is 0.416 e. The molecule has 5 heteroatoms. The number of benzene rings is 1. The van der Waals surface area contributed by atoms with Gasteiger partial charge in [0.1, 0.15) is 0 Å². The van der Waals surface area contributed by atoms with Crippen LogP contribution in [-0.2, 0) is 6.18 Å². The molecule has 0 heterocycles. The minimum atomic E-state index is -4.40. The van der Waals surface area contributed by atoms with Crippen LogP contribution in [0.15, 0.2) is 18.2 Å². The largest absolute Gasteiger partial charge is 0.416 e. The van der Waals surface area contributed by atoms with Crippen molar-refractivity contribution in [3.63, 3.8) is 0 Å². The van der Waals surface area contributed by atoms with Gasteiger partial charge < -0.3 is 5.73 Å². The predicted molar refractivity (Wildman–Crippen MR) is 60.7 cm³/mol. The van der Waals surface area contributed by atoms with Gasteiger partial charge in [-0.15, -0.1) is 0 Å². The summed E-state index contributed by atoms with van der Waals surface area (Å²) in [7, 11) is 0. The Bertz CT molecular complexity index is 413. The fourth-order valence-electron chi connectivity index (χ4n) is 1.94. The highest BCUT2D eigenvalue weighted by atomic mass is 35.5. The molecule has 0 aromatic heterocycles. The summed E-state index contributed by atoms with van der Waals surface area (Å²) in [5.74, 6) is 0.488. The quantitative estimate of drug-likeness (QED) is 0.871. The highest BCUT2D eigenvalue weighted by molar-refractivity contribution is 6.30. The van der Waals surface area contributed by atoms with E-state index in [1.54, 1.807) is 0 Å². The van der Waals surface area contributed by atoms with Crippen molar-refractivity contribution in [2.75, 3.05) is 0 Å². The number of hydrogen-bond donors (Lipinski definition) is 1. The van der Waals surface area contributed by atoms with Gasteiger partial charge in [0.05, 0.1) is 5.56 Å². The summed E-state index contributed by atoms with van der Waals surface area (Å²) >= 11 is 5.60. The smallest absolute Gasteiger partial charge is 0.324 e. The van der Waals surface area contributed by atoms with E-state index in [1.165, 1.54) is 12.1 Å². The molecule has 0 bridgehead atoms. The van der Waals surface area contributed by atoms with Crippen LogP contribution in [0.1, 0.15) is 36.4 Å². The lowest BCUT2D eigenvalue weighted by Gasteiger charge is -2.18. The average molecular weight is 264 g/mol. The zero-order valence-electron chi connectivity index (χ0n) is 9.10. The maximum atomic E-state index is 12.8. The van der Waals surface area contributed by atoms with Gasteiger partial charge in [0, 0.05) is 11.1 Å². The first kappa shape index (κ1) is 12.7. The second-order valence-corrected chi connectivity index (χ2v) is 4.95. The van der Waals surface area contributed by atoms with E-state index < -0.39 is 17.8 Å². The van der Waals surface area contributed by atoms with E-state index in [2.05, 4.69) is 0 Å². The summed E-state index contributed by atoms with van der Waals surface area (Å²) < 4.78 is 38.5. The number of nitrogens with two attached hydrogens (primary N) is 1. The fraction of sp³-hybridized carbons (Fsp3) is 0.500. The zero-order valence-corrected chi connectivity index (χ0v) is 9.85. The lowest BCUT2D eigenvalue weighted by atomic mass is 9.96. The van der Waals surface area contributed by atoms with Crippen molar-refractivity contribution >= 4 is 11.6 Å². The molecule has 0 spiro atoms. The van der Waals surface area contributed by atoms with E-state index >= 15 is 0 Å². The third kappa shape index (κ3) is 3.13. The van der Waals surface area contributed by atoms with Crippen LogP contribution in [0.5, 0.6) is 0 Å². The second-order valence-electron chi connectivity index (χ2n) is 4.51. The minimum Gasteiger partial charge on any atom is -0.324 e. The van der Waals surface area contributed by atoms with Gasteiger partial charge >= 0.3 is 6.18 Å². The molecule has 0 saturated heterocycles. The first-order valence-corrected chi connectivity index (χ1v) is 5.88. The summed E-state index contributed by atoms with van der Waals surface area (Å²) in [6.45, 7) is 0. The minimum absolute atomic E-state index is 0.0831. The van der Waals surface area contributed by atoms with Gasteiger partial charge in [-0.25, -0.2) is 0 Å². The van der Waals surface area contributed by atoms with Crippen molar-refractivity contribution in [2.45, 2.75) is 31.5 Å². The van der Waals surface area contributed by atoms with E-state index in [9.17, 15) is 13.2 Å². The van der Waals surface area contributed by atoms with Crippen molar-refractivity contribution in [3.8, 4) is 0 Å². The molecule has 1 aromatic rings. The Morgan fingerprint density at radius 2 is 2.00 bits per heavy atom. The lowest BCUT2D eigenvalue weighted by molar-refractivity contribution is -0.138. The van der Waals surface area contributed by atoms with Crippen molar-refractivity contribution in [3.05, 3.63) is 34.3 Å². The summed E-state index contributed by atoms with van der Waals surface area (Å²) in [6.07, 6.45) is -1.64. The average Bonchev–Trinajstić information content (AvgIpc) is 3.00. The molecule has 1 atom stereocenters. The van der Waals surface area contributed by atoms with Gasteiger partial charge in [-0.2, -0.15) is 13.2 Å². The topological polar surface area (TPSA) is 26.0 Å². The molecule has 1 fully saturated rings. The molecule has 1 aliphatic carbocycles. The maximum absolute atomic E-state index is 12.8. The van der Waals surface area contributed by atoms with Gasteiger partial charge in [0.2, 0.25) is 0 Å². The van der Waals surface area contributed by atoms with E-state index in [0.29, 0.717) is 12.3 Å². The Hall–Kier alpha value is -0.740. The van der Waals surface area contributed by atoms with E-state index in [-0.39, 0.29) is 10.6 Å². The van der Waals surface area contributed by atoms with E-state index in [1.807, 2.05) is 0 Å². The highest BCUT2D eigenvalue weighted by Gasteiger charge is 2.36. The molecular weight excluding hydrogens is 251 g/mol. The van der Waals surface area contributed by atoms with Crippen LogP contribution in [0.25, 0.3) is 0 Å². The Labute approximate surface area is 103 Å². The molecule has 0 unspecified atom stereocenters. The van der Waals surface area contributed by atoms with Crippen molar-refractivity contribution in [2.24, 2.45) is 11.7 Å². The van der Waals surface area contributed by atoms with Crippen molar-refractivity contribution < 1.29 is 13.2 Å². The molecule has 1 nitrogen and oxygen atoms in total. The summed E-state index contributed by atoms with van der Waals surface area (Å²) in [6, 6.07) is 3.23. The van der Waals surface area contributed by atoms with E-state index in [0.717, 1.165) is 18.9 Å². The standard InChI is InChI=1S/C12H13ClF3N/c13-8-3-4-9(10(6-8)12(14,15)16)11(17)5-7-1-2-7/h3-4,6-7,11H,1-2,5,17H2/t11-/m0/s1. The van der Waals surface area contributed by atoms with Crippen LogP contribution < -0.4 is 5.73 Å². The SMILES string of the molecule is N[C@@H](CC1CC1)c1ccc(Cl)cc1C(F)(F)F. The molecule has 0 radical (unpaired) electrons. The Kier molecular flexibility index (Phi) is 3.36. The van der Waals surface area contributed by atoms with Crippen LogP contribution in [-0.4, -0.2) is 0 Å². The second kappa shape index (κ2) is 4.50. The first-order valence-electron chi connectivity index (χ1n) is 5.50. The first-order chi connectivity index (χ1) is 7.88. The summed E-state index contributed by atoms with van der Waals surface area (Å²) in [5, 5.41) is 0.0831. The number of halogens is 4. The molecule has 94 valence electrons. The Balaban J connectivity index is 2.30. The Morgan fingerprint density at radius 1 is 1.35 bits per heavy atom. The molecule has 2 N–H and O–H groups in total. The molecule has 17 heavy (non-hydrogen) atoms. The summed E-state index contributed by atoms with van der Waals surface area (Å²) in [5.41, 5.74) is 5.28. The lowest BCUT2D eigenvalue weighted by Crippen LogP contribution is -2.18. The molecule has 1 aliphatic rings. The van der Waals surface area contributed by atoms with Crippen LogP contribution in [0.3, 0.4) is 0 Å². The van der Waals surface area contributed by atoms with Gasteiger partial charge in [-0.3, -0.25) is 0 Å². The molecule has 0 aliphatic heterocycles. The highest BCUT2D eigenvalue weighted by Crippen LogP contribution is 2.41. The number of hydrogen-bond acceptors (Lipinski definition) is 1. The molecule has 0 amide bonds. The molecule has 1 saturated carbocycles. The molecular formula is C12H13ClF3N. The van der Waals surface area contributed by atoms with Gasteiger partial charge in [0.25, 0.3) is 0 Å². The molecule has 1 aromatic carbocycles. The monoisotopic (exact) mass is 263 g/mol. The van der Waals surface area contributed by atoms with Crippen LogP contribution in [0.2, 0.25) is 5.02 Å².